The Morgan fingerprint density at radius 3 is 2.61 bits per heavy atom. The Hall–Kier alpha value is -2.28. The topological polar surface area (TPSA) is 67.3 Å². The summed E-state index contributed by atoms with van der Waals surface area (Å²) < 4.78 is 5.14. The molecule has 1 aromatic carbocycles. The molecule has 2 heterocycles. The molecule has 150 valence electrons. The van der Waals surface area contributed by atoms with E-state index in [1.54, 1.807) is 13.4 Å². The Labute approximate surface area is 171 Å². The molecule has 1 aliphatic rings. The zero-order valence-electron chi connectivity index (χ0n) is 16.7. The molecule has 1 aliphatic heterocycles. The van der Waals surface area contributed by atoms with E-state index in [0.29, 0.717) is 24.1 Å². The van der Waals surface area contributed by atoms with Crippen molar-refractivity contribution in [1.29, 1.82) is 0 Å². The highest BCUT2D eigenvalue weighted by molar-refractivity contribution is 7.99. The van der Waals surface area contributed by atoms with E-state index in [-0.39, 0.29) is 5.91 Å². The fourth-order valence-electron chi connectivity index (χ4n) is 3.57. The van der Waals surface area contributed by atoms with E-state index in [2.05, 4.69) is 34.0 Å². The second kappa shape index (κ2) is 9.78. The fourth-order valence-corrected chi connectivity index (χ4v) is 4.26. The number of carbonyl (C=O) groups excluding carboxylic acids is 1. The lowest BCUT2D eigenvalue weighted by atomic mass is 9.92. The largest absolute Gasteiger partial charge is 0.497 e. The van der Waals surface area contributed by atoms with Crippen molar-refractivity contribution in [2.24, 2.45) is 11.8 Å². The molecule has 3 rings (SSSR count). The van der Waals surface area contributed by atoms with E-state index in [9.17, 15) is 4.79 Å². The molecule has 2 aromatic rings. The fraction of sp³-hybridized carbons (Fsp3) is 0.476. The first-order valence-electron chi connectivity index (χ1n) is 9.63. The van der Waals surface area contributed by atoms with E-state index in [1.807, 2.05) is 30.3 Å². The van der Waals surface area contributed by atoms with Crippen molar-refractivity contribution in [3.05, 3.63) is 42.2 Å². The number of thioether (sulfide) groups is 1. The third kappa shape index (κ3) is 5.86. The number of nitrogens with one attached hydrogen (secondary N) is 1. The molecule has 1 saturated heterocycles. The predicted molar refractivity (Wildman–Crippen MR) is 113 cm³/mol. The summed E-state index contributed by atoms with van der Waals surface area (Å²) in [6, 6.07) is 9.67. The Bertz CT molecular complexity index is 774. The maximum absolute atomic E-state index is 12.2. The van der Waals surface area contributed by atoms with Crippen molar-refractivity contribution in [2.45, 2.75) is 31.8 Å². The molecule has 0 aliphatic carbocycles. The Kier molecular flexibility index (Phi) is 7.14. The molecule has 0 spiro atoms. The Balaban J connectivity index is 1.49. The van der Waals surface area contributed by atoms with Crippen LogP contribution in [0.5, 0.6) is 5.75 Å². The minimum Gasteiger partial charge on any atom is -0.497 e. The molecule has 6 nitrogen and oxygen atoms in total. The van der Waals surface area contributed by atoms with Gasteiger partial charge < -0.3 is 15.0 Å². The summed E-state index contributed by atoms with van der Waals surface area (Å²) in [5, 5.41) is 3.77. The minimum absolute atomic E-state index is 0.0128. The third-order valence-electron chi connectivity index (χ3n) is 4.82. The number of carbonyl (C=O) groups is 1. The number of anilines is 1. The molecular weight excluding hydrogens is 372 g/mol. The molecule has 1 aromatic heterocycles. The van der Waals surface area contributed by atoms with Crippen molar-refractivity contribution < 1.29 is 9.53 Å². The summed E-state index contributed by atoms with van der Waals surface area (Å²) >= 11 is 1.44. The van der Waals surface area contributed by atoms with Crippen LogP contribution < -0.4 is 15.0 Å². The van der Waals surface area contributed by atoms with Crippen molar-refractivity contribution >= 4 is 23.5 Å². The van der Waals surface area contributed by atoms with Crippen molar-refractivity contribution in [3.63, 3.8) is 0 Å². The highest BCUT2D eigenvalue weighted by Gasteiger charge is 2.23. The van der Waals surface area contributed by atoms with Crippen LogP contribution in [-0.2, 0) is 11.3 Å². The maximum atomic E-state index is 12.2. The maximum Gasteiger partial charge on any atom is 0.230 e. The van der Waals surface area contributed by atoms with E-state index in [0.717, 1.165) is 35.2 Å². The van der Waals surface area contributed by atoms with E-state index in [4.69, 9.17) is 4.74 Å². The van der Waals surface area contributed by atoms with Gasteiger partial charge in [-0.3, -0.25) is 4.79 Å². The van der Waals surface area contributed by atoms with Gasteiger partial charge in [0.2, 0.25) is 5.91 Å². The second-order valence-corrected chi connectivity index (χ2v) is 8.47. The highest BCUT2D eigenvalue weighted by atomic mass is 32.2. The molecule has 1 amide bonds. The predicted octanol–water partition coefficient (Wildman–Crippen LogP) is 3.38. The van der Waals surface area contributed by atoms with Crippen LogP contribution in [0.25, 0.3) is 0 Å². The van der Waals surface area contributed by atoms with Gasteiger partial charge in [-0.1, -0.05) is 37.7 Å². The number of benzene rings is 1. The van der Waals surface area contributed by atoms with Crippen LogP contribution in [0, 0.1) is 11.8 Å². The first-order chi connectivity index (χ1) is 13.5. The number of nitrogens with zero attached hydrogens (tertiary/aromatic N) is 3. The normalized spacial score (nSPS) is 19.3. The smallest absolute Gasteiger partial charge is 0.230 e. The van der Waals surface area contributed by atoms with Gasteiger partial charge in [0.05, 0.1) is 12.9 Å². The average molecular weight is 401 g/mol. The van der Waals surface area contributed by atoms with Gasteiger partial charge in [-0.15, -0.1) is 0 Å². The van der Waals surface area contributed by atoms with Gasteiger partial charge in [-0.25, -0.2) is 9.97 Å². The van der Waals surface area contributed by atoms with Gasteiger partial charge in [-0.2, -0.15) is 0 Å². The number of methoxy groups -OCH3 is 1. The summed E-state index contributed by atoms with van der Waals surface area (Å²) in [5.41, 5.74) is 1.04. The van der Waals surface area contributed by atoms with Crippen LogP contribution in [0.1, 0.15) is 25.8 Å². The molecule has 0 radical (unpaired) electrons. The zero-order chi connectivity index (χ0) is 19.9. The molecule has 7 heteroatoms. The highest BCUT2D eigenvalue weighted by Crippen LogP contribution is 2.26. The number of rotatable bonds is 7. The lowest BCUT2D eigenvalue weighted by Gasteiger charge is -2.35. The summed E-state index contributed by atoms with van der Waals surface area (Å²) in [6.45, 7) is 7.11. The monoisotopic (exact) mass is 400 g/mol. The number of hydrogen-bond acceptors (Lipinski definition) is 6. The molecule has 28 heavy (non-hydrogen) atoms. The number of piperidine rings is 1. The number of aromatic nitrogens is 2. The lowest BCUT2D eigenvalue weighted by Crippen LogP contribution is -2.39. The van der Waals surface area contributed by atoms with Gasteiger partial charge in [0.15, 0.2) is 0 Å². The summed E-state index contributed by atoms with van der Waals surface area (Å²) in [5.74, 6) is 3.41. The molecule has 0 unspecified atom stereocenters. The molecule has 0 bridgehead atoms. The quantitative estimate of drug-likeness (QED) is 0.568. The van der Waals surface area contributed by atoms with Gasteiger partial charge in [-0.05, 0) is 36.0 Å². The molecular formula is C21H28N4O2S. The van der Waals surface area contributed by atoms with Crippen LogP contribution in [-0.4, -0.2) is 41.8 Å². The summed E-state index contributed by atoms with van der Waals surface area (Å²) in [4.78, 5) is 23.3. The third-order valence-corrected chi connectivity index (χ3v) is 5.75. The second-order valence-electron chi connectivity index (χ2n) is 7.48. The van der Waals surface area contributed by atoms with Gasteiger partial charge in [0, 0.05) is 25.7 Å². The zero-order valence-corrected chi connectivity index (χ0v) is 17.5. The van der Waals surface area contributed by atoms with Gasteiger partial charge in [0.1, 0.15) is 22.9 Å². The van der Waals surface area contributed by atoms with Gasteiger partial charge in [0.25, 0.3) is 0 Å². The van der Waals surface area contributed by atoms with Crippen LogP contribution in [0.2, 0.25) is 0 Å². The number of hydrogen-bond donors (Lipinski definition) is 1. The number of amides is 1. The molecule has 0 saturated carbocycles. The van der Waals surface area contributed by atoms with Crippen LogP contribution in [0.4, 0.5) is 5.82 Å². The van der Waals surface area contributed by atoms with E-state index >= 15 is 0 Å². The van der Waals surface area contributed by atoms with Crippen molar-refractivity contribution in [3.8, 4) is 5.75 Å². The molecule has 1 fully saturated rings. The van der Waals surface area contributed by atoms with Crippen molar-refractivity contribution in [1.82, 2.24) is 15.3 Å². The lowest BCUT2D eigenvalue weighted by molar-refractivity contribution is -0.118. The minimum atomic E-state index is -0.0128. The average Bonchev–Trinajstić information content (AvgIpc) is 2.70. The molecule has 2 atom stereocenters. The Morgan fingerprint density at radius 2 is 1.93 bits per heavy atom. The van der Waals surface area contributed by atoms with E-state index in [1.165, 1.54) is 18.2 Å². The number of ether oxygens (including phenoxy) is 1. The summed E-state index contributed by atoms with van der Waals surface area (Å²) in [6.07, 6.45) is 2.86. The van der Waals surface area contributed by atoms with Crippen LogP contribution in [0.15, 0.2) is 41.7 Å². The molecule has 1 N–H and O–H groups in total. The Morgan fingerprint density at radius 1 is 1.21 bits per heavy atom. The SMILES string of the molecule is COc1ccc(CNC(=O)CSc2cc(N3C[C@H](C)C[C@@H](C)C3)ncn2)cc1. The standard InChI is InChI=1S/C21H28N4O2S/c1-15-8-16(2)12-25(11-15)19-9-21(24-14-23-19)28-13-20(26)22-10-17-4-6-18(27-3)7-5-17/h4-7,9,14-16H,8,10-13H2,1-3H3,(H,22,26)/t15-,16-/m1/s1. The van der Waals surface area contributed by atoms with Crippen LogP contribution in [0.3, 0.4) is 0 Å². The van der Waals surface area contributed by atoms with E-state index < -0.39 is 0 Å². The van der Waals surface area contributed by atoms with Crippen molar-refractivity contribution in [2.75, 3.05) is 30.9 Å². The first-order valence-corrected chi connectivity index (χ1v) is 10.6. The van der Waals surface area contributed by atoms with Crippen LogP contribution >= 0.6 is 11.8 Å². The summed E-state index contributed by atoms with van der Waals surface area (Å²) in [7, 11) is 1.64. The van der Waals surface area contributed by atoms with Gasteiger partial charge >= 0.3 is 0 Å². The first kappa shape index (κ1) is 20.5.